The molecular formula is C11H15N5. The van der Waals surface area contributed by atoms with Crippen LogP contribution in [0.15, 0.2) is 31.1 Å². The molecule has 0 spiro atoms. The smallest absolute Gasteiger partial charge is 0.115 e. The molecule has 0 aliphatic heterocycles. The van der Waals surface area contributed by atoms with Gasteiger partial charge >= 0.3 is 0 Å². The van der Waals surface area contributed by atoms with Gasteiger partial charge in [-0.1, -0.05) is 6.92 Å². The summed E-state index contributed by atoms with van der Waals surface area (Å²) >= 11 is 0. The summed E-state index contributed by atoms with van der Waals surface area (Å²) in [4.78, 5) is 7.92. The van der Waals surface area contributed by atoms with E-state index < -0.39 is 0 Å². The second-order valence-electron chi connectivity index (χ2n) is 3.59. The molecule has 2 aromatic rings. The van der Waals surface area contributed by atoms with Crippen molar-refractivity contribution in [3.8, 4) is 0 Å². The minimum Gasteiger partial charge on any atom is -0.378 e. The predicted molar refractivity (Wildman–Crippen MR) is 61.9 cm³/mol. The normalized spacial score (nSPS) is 10.3. The van der Waals surface area contributed by atoms with Gasteiger partial charge in [0.25, 0.3) is 0 Å². The summed E-state index contributed by atoms with van der Waals surface area (Å²) < 4.78 is 1.93. The van der Waals surface area contributed by atoms with Crippen LogP contribution in [0.2, 0.25) is 0 Å². The zero-order valence-electron chi connectivity index (χ0n) is 9.30. The molecule has 0 saturated heterocycles. The van der Waals surface area contributed by atoms with E-state index in [0.717, 1.165) is 30.8 Å². The molecule has 0 bridgehead atoms. The van der Waals surface area contributed by atoms with E-state index in [9.17, 15) is 0 Å². The molecule has 5 nitrogen and oxygen atoms in total. The van der Waals surface area contributed by atoms with Crippen LogP contribution >= 0.6 is 0 Å². The van der Waals surface area contributed by atoms with Crippen molar-refractivity contribution >= 4 is 5.69 Å². The molecule has 0 atom stereocenters. The molecule has 16 heavy (non-hydrogen) atoms. The minimum atomic E-state index is 0.721. The van der Waals surface area contributed by atoms with Gasteiger partial charge in [0.15, 0.2) is 0 Å². The highest BCUT2D eigenvalue weighted by atomic mass is 15.3. The Morgan fingerprint density at radius 2 is 2.06 bits per heavy atom. The summed E-state index contributed by atoms with van der Waals surface area (Å²) in [6.45, 7) is 3.81. The average Bonchev–Trinajstić information content (AvgIpc) is 2.76. The Labute approximate surface area is 94.5 Å². The fourth-order valence-corrected chi connectivity index (χ4v) is 1.43. The molecule has 2 aromatic heterocycles. The Hall–Kier alpha value is -1.91. The largest absolute Gasteiger partial charge is 0.378 e. The molecule has 2 rings (SSSR count). The molecule has 0 fully saturated rings. The number of hydrogen-bond donors (Lipinski definition) is 1. The molecule has 0 amide bonds. The summed E-state index contributed by atoms with van der Waals surface area (Å²) in [5, 5.41) is 7.52. The quantitative estimate of drug-likeness (QED) is 0.828. The van der Waals surface area contributed by atoms with Crippen LogP contribution in [-0.2, 0) is 13.1 Å². The number of rotatable bonds is 5. The third-order valence-electron chi connectivity index (χ3n) is 2.20. The lowest BCUT2D eigenvalue weighted by Crippen LogP contribution is -1.99. The van der Waals surface area contributed by atoms with Gasteiger partial charge in [-0.05, 0) is 6.42 Å². The summed E-state index contributed by atoms with van der Waals surface area (Å²) in [5.74, 6) is 0. The van der Waals surface area contributed by atoms with E-state index in [1.807, 2.05) is 17.1 Å². The van der Waals surface area contributed by atoms with Gasteiger partial charge in [0.2, 0.25) is 0 Å². The van der Waals surface area contributed by atoms with Gasteiger partial charge in [0.1, 0.15) is 6.33 Å². The van der Waals surface area contributed by atoms with Gasteiger partial charge in [-0.15, -0.1) is 0 Å². The fraction of sp³-hybridized carbons (Fsp3) is 0.364. The molecule has 0 aromatic carbocycles. The van der Waals surface area contributed by atoms with Crippen LogP contribution in [0.25, 0.3) is 0 Å². The maximum Gasteiger partial charge on any atom is 0.115 e. The first-order chi connectivity index (χ1) is 7.88. The van der Waals surface area contributed by atoms with Crippen molar-refractivity contribution in [3.05, 3.63) is 36.7 Å². The lowest BCUT2D eigenvalue weighted by Gasteiger charge is -2.01. The Morgan fingerprint density at radius 3 is 2.81 bits per heavy atom. The van der Waals surface area contributed by atoms with Gasteiger partial charge < -0.3 is 5.32 Å². The highest BCUT2D eigenvalue weighted by Crippen LogP contribution is 2.07. The van der Waals surface area contributed by atoms with Gasteiger partial charge in [0, 0.05) is 37.2 Å². The number of aryl methyl sites for hydroxylation is 1. The Balaban J connectivity index is 1.89. The van der Waals surface area contributed by atoms with E-state index in [4.69, 9.17) is 0 Å². The topological polar surface area (TPSA) is 55.6 Å². The standard InChI is InChI=1S/C11H15N5/c1-2-3-16-8-11(7-15-16)14-6-10-4-12-9-13-5-10/h4-5,7-9,14H,2-3,6H2,1H3. The van der Waals surface area contributed by atoms with Gasteiger partial charge in [-0.25, -0.2) is 9.97 Å². The lowest BCUT2D eigenvalue weighted by molar-refractivity contribution is 0.603. The Kier molecular flexibility index (Phi) is 3.48. The lowest BCUT2D eigenvalue weighted by atomic mass is 10.3. The molecule has 5 heteroatoms. The third-order valence-corrected chi connectivity index (χ3v) is 2.20. The minimum absolute atomic E-state index is 0.721. The first-order valence-electron chi connectivity index (χ1n) is 5.38. The second-order valence-corrected chi connectivity index (χ2v) is 3.59. The zero-order chi connectivity index (χ0) is 11.2. The fourth-order valence-electron chi connectivity index (χ4n) is 1.43. The number of nitrogens with one attached hydrogen (secondary N) is 1. The molecule has 0 radical (unpaired) electrons. The Morgan fingerprint density at radius 1 is 1.25 bits per heavy atom. The number of aromatic nitrogens is 4. The summed E-state index contributed by atoms with van der Waals surface area (Å²) in [5.41, 5.74) is 2.09. The zero-order valence-corrected chi connectivity index (χ0v) is 9.30. The maximum absolute atomic E-state index is 4.24. The molecule has 2 heterocycles. The van der Waals surface area contributed by atoms with Crippen LogP contribution < -0.4 is 5.32 Å². The van der Waals surface area contributed by atoms with Crippen molar-refractivity contribution in [3.63, 3.8) is 0 Å². The van der Waals surface area contributed by atoms with E-state index in [1.165, 1.54) is 6.33 Å². The van der Waals surface area contributed by atoms with Crippen molar-refractivity contribution in [2.45, 2.75) is 26.4 Å². The van der Waals surface area contributed by atoms with E-state index in [-0.39, 0.29) is 0 Å². The van der Waals surface area contributed by atoms with Crippen LogP contribution in [0.4, 0.5) is 5.69 Å². The summed E-state index contributed by atoms with van der Waals surface area (Å²) in [7, 11) is 0. The SMILES string of the molecule is CCCn1cc(NCc2cncnc2)cn1. The first kappa shape index (κ1) is 10.6. The van der Waals surface area contributed by atoms with Crippen LogP contribution in [-0.4, -0.2) is 19.7 Å². The first-order valence-corrected chi connectivity index (χ1v) is 5.38. The van der Waals surface area contributed by atoms with E-state index in [1.54, 1.807) is 12.4 Å². The molecule has 0 saturated carbocycles. The van der Waals surface area contributed by atoms with Gasteiger partial charge in [0.05, 0.1) is 11.9 Å². The van der Waals surface area contributed by atoms with Crippen molar-refractivity contribution in [2.75, 3.05) is 5.32 Å². The molecule has 0 aliphatic carbocycles. The third kappa shape index (κ3) is 2.79. The molecule has 1 N–H and O–H groups in total. The average molecular weight is 217 g/mol. The second kappa shape index (κ2) is 5.25. The number of nitrogens with zero attached hydrogens (tertiary/aromatic N) is 4. The van der Waals surface area contributed by atoms with E-state index >= 15 is 0 Å². The van der Waals surface area contributed by atoms with E-state index in [2.05, 4.69) is 27.3 Å². The highest BCUT2D eigenvalue weighted by molar-refractivity contribution is 5.38. The predicted octanol–water partition coefficient (Wildman–Crippen LogP) is 1.70. The van der Waals surface area contributed by atoms with Crippen molar-refractivity contribution in [1.29, 1.82) is 0 Å². The van der Waals surface area contributed by atoms with Crippen LogP contribution in [0.1, 0.15) is 18.9 Å². The number of hydrogen-bond acceptors (Lipinski definition) is 4. The van der Waals surface area contributed by atoms with Crippen LogP contribution in [0.5, 0.6) is 0 Å². The number of anilines is 1. The Bertz CT molecular complexity index is 423. The summed E-state index contributed by atoms with van der Waals surface area (Å²) in [6, 6.07) is 0. The van der Waals surface area contributed by atoms with Crippen molar-refractivity contribution < 1.29 is 0 Å². The monoisotopic (exact) mass is 217 g/mol. The van der Waals surface area contributed by atoms with E-state index in [0.29, 0.717) is 0 Å². The van der Waals surface area contributed by atoms with Gasteiger partial charge in [-0.2, -0.15) is 5.10 Å². The summed E-state index contributed by atoms with van der Waals surface area (Å²) in [6.07, 6.45) is 10.1. The van der Waals surface area contributed by atoms with Crippen molar-refractivity contribution in [1.82, 2.24) is 19.7 Å². The maximum atomic E-state index is 4.24. The molecular weight excluding hydrogens is 202 g/mol. The molecule has 0 unspecified atom stereocenters. The highest BCUT2D eigenvalue weighted by Gasteiger charge is 1.97. The van der Waals surface area contributed by atoms with Crippen LogP contribution in [0, 0.1) is 0 Å². The van der Waals surface area contributed by atoms with Crippen LogP contribution in [0.3, 0.4) is 0 Å². The van der Waals surface area contributed by atoms with Crippen molar-refractivity contribution in [2.24, 2.45) is 0 Å². The molecule has 0 aliphatic rings. The van der Waals surface area contributed by atoms with Gasteiger partial charge in [-0.3, -0.25) is 4.68 Å². The molecule has 84 valence electrons.